The molecule has 0 unspecified atom stereocenters. The number of benzene rings is 1. The molecule has 1 aromatic heterocycles. The van der Waals surface area contributed by atoms with Gasteiger partial charge in [0.05, 0.1) is 16.3 Å². The number of rotatable bonds is 5. The van der Waals surface area contributed by atoms with Crippen LogP contribution in [0, 0.1) is 0 Å². The highest BCUT2D eigenvalue weighted by Crippen LogP contribution is 2.29. The third kappa shape index (κ3) is 3.39. The summed E-state index contributed by atoms with van der Waals surface area (Å²) in [5, 5.41) is 12.5. The number of carboxylic acid groups (broad SMARTS) is 1. The number of anilines is 2. The Labute approximate surface area is 121 Å². The summed E-state index contributed by atoms with van der Waals surface area (Å²) in [7, 11) is 0. The molecule has 0 aliphatic rings. The molecule has 1 heterocycles. The molecule has 2 rings (SSSR count). The van der Waals surface area contributed by atoms with Gasteiger partial charge in [0.2, 0.25) is 0 Å². The highest BCUT2D eigenvalue weighted by molar-refractivity contribution is 6.34. The minimum Gasteiger partial charge on any atom is -0.478 e. The maximum absolute atomic E-state index is 11.2. The molecule has 0 spiro atoms. The number of carbonyl (C=O) groups is 1. The summed E-state index contributed by atoms with van der Waals surface area (Å²) in [4.78, 5) is 15.2. The molecule has 0 aliphatic heterocycles. The number of carboxylic acids is 1. The zero-order chi connectivity index (χ0) is 14.5. The van der Waals surface area contributed by atoms with E-state index in [1.54, 1.807) is 12.4 Å². The first-order valence-electron chi connectivity index (χ1n) is 6.03. The molecule has 0 amide bonds. The van der Waals surface area contributed by atoms with Crippen molar-refractivity contribution < 1.29 is 9.90 Å². The third-order valence-corrected chi connectivity index (χ3v) is 3.08. The van der Waals surface area contributed by atoms with Crippen molar-refractivity contribution >= 4 is 28.9 Å². The van der Waals surface area contributed by atoms with Crippen molar-refractivity contribution in [3.8, 4) is 0 Å². The molecule has 20 heavy (non-hydrogen) atoms. The number of hydrogen-bond acceptors (Lipinski definition) is 4. The first-order chi connectivity index (χ1) is 9.58. The Kier molecular flexibility index (Phi) is 4.42. The molecule has 6 heteroatoms. The maximum atomic E-state index is 11.2. The summed E-state index contributed by atoms with van der Waals surface area (Å²) < 4.78 is 0. The normalized spacial score (nSPS) is 10.2. The molecule has 104 valence electrons. The zero-order valence-corrected chi connectivity index (χ0v) is 11.4. The molecule has 2 aromatic rings. The molecular weight excluding hydrogens is 278 g/mol. The lowest BCUT2D eigenvalue weighted by Crippen LogP contribution is -2.11. The standard InChI is InChI=1S/C14H14ClN3O2/c15-12-7-10(16)6-11(14(19)20)13(12)18-5-3-9-2-1-4-17-8-9/h1-2,4,6-8,18H,3,5,16H2,(H,19,20). The second kappa shape index (κ2) is 6.25. The van der Waals surface area contributed by atoms with Gasteiger partial charge in [-0.3, -0.25) is 4.98 Å². The van der Waals surface area contributed by atoms with Crippen LogP contribution in [0.25, 0.3) is 0 Å². The molecule has 0 atom stereocenters. The number of hydrogen-bond donors (Lipinski definition) is 3. The van der Waals surface area contributed by atoms with E-state index in [0.29, 0.717) is 29.4 Å². The summed E-state index contributed by atoms with van der Waals surface area (Å²) in [6.45, 7) is 0.551. The van der Waals surface area contributed by atoms with E-state index in [-0.39, 0.29) is 5.56 Å². The summed E-state index contributed by atoms with van der Waals surface area (Å²) in [6.07, 6.45) is 4.19. The first-order valence-corrected chi connectivity index (χ1v) is 6.41. The van der Waals surface area contributed by atoms with E-state index in [1.165, 1.54) is 12.1 Å². The first kappa shape index (κ1) is 14.1. The van der Waals surface area contributed by atoms with Gasteiger partial charge in [0, 0.05) is 24.6 Å². The van der Waals surface area contributed by atoms with E-state index in [0.717, 1.165) is 5.56 Å². The van der Waals surface area contributed by atoms with Gasteiger partial charge in [0.25, 0.3) is 0 Å². The fraction of sp³-hybridized carbons (Fsp3) is 0.143. The van der Waals surface area contributed by atoms with Crippen LogP contribution in [0.4, 0.5) is 11.4 Å². The average molecular weight is 292 g/mol. The van der Waals surface area contributed by atoms with Gasteiger partial charge in [-0.25, -0.2) is 4.79 Å². The molecule has 4 N–H and O–H groups in total. The van der Waals surface area contributed by atoms with Crippen molar-refractivity contribution in [3.63, 3.8) is 0 Å². The summed E-state index contributed by atoms with van der Waals surface area (Å²) in [5.74, 6) is -1.07. The second-order valence-electron chi connectivity index (χ2n) is 4.27. The van der Waals surface area contributed by atoms with E-state index in [2.05, 4.69) is 10.3 Å². The van der Waals surface area contributed by atoms with Crippen molar-refractivity contribution in [1.82, 2.24) is 4.98 Å². The van der Waals surface area contributed by atoms with Crippen molar-refractivity contribution in [2.24, 2.45) is 0 Å². The van der Waals surface area contributed by atoms with Crippen LogP contribution in [0.15, 0.2) is 36.7 Å². The van der Waals surface area contributed by atoms with E-state index in [4.69, 9.17) is 22.4 Å². The Morgan fingerprint density at radius 1 is 1.45 bits per heavy atom. The molecule has 5 nitrogen and oxygen atoms in total. The molecule has 1 aromatic carbocycles. The number of nitrogens with one attached hydrogen (secondary N) is 1. The van der Waals surface area contributed by atoms with Crippen LogP contribution in [-0.2, 0) is 6.42 Å². The van der Waals surface area contributed by atoms with E-state index < -0.39 is 5.97 Å². The third-order valence-electron chi connectivity index (χ3n) is 2.78. The van der Waals surface area contributed by atoms with Crippen LogP contribution in [0.1, 0.15) is 15.9 Å². The minimum atomic E-state index is -1.07. The van der Waals surface area contributed by atoms with Crippen LogP contribution in [-0.4, -0.2) is 22.6 Å². The lowest BCUT2D eigenvalue weighted by atomic mass is 10.1. The van der Waals surface area contributed by atoms with Crippen molar-refractivity contribution in [3.05, 3.63) is 52.8 Å². The van der Waals surface area contributed by atoms with Gasteiger partial charge in [-0.15, -0.1) is 0 Å². The number of nitrogen functional groups attached to an aromatic ring is 1. The zero-order valence-electron chi connectivity index (χ0n) is 10.6. The monoisotopic (exact) mass is 291 g/mol. The molecule has 0 saturated heterocycles. The lowest BCUT2D eigenvalue weighted by Gasteiger charge is -2.12. The Morgan fingerprint density at radius 2 is 2.25 bits per heavy atom. The number of halogens is 1. The smallest absolute Gasteiger partial charge is 0.337 e. The van der Waals surface area contributed by atoms with E-state index in [1.807, 2.05) is 12.1 Å². The number of nitrogens with two attached hydrogens (primary N) is 1. The number of pyridine rings is 1. The fourth-order valence-corrected chi connectivity index (χ4v) is 2.15. The minimum absolute atomic E-state index is 0.0705. The maximum Gasteiger partial charge on any atom is 0.337 e. The Morgan fingerprint density at radius 3 is 2.90 bits per heavy atom. The quantitative estimate of drug-likeness (QED) is 0.737. The summed E-state index contributed by atoms with van der Waals surface area (Å²) in [6, 6.07) is 6.73. The largest absolute Gasteiger partial charge is 0.478 e. The van der Waals surface area contributed by atoms with Crippen LogP contribution < -0.4 is 11.1 Å². The van der Waals surface area contributed by atoms with Gasteiger partial charge in [-0.05, 0) is 30.2 Å². The molecular formula is C14H14ClN3O2. The number of nitrogens with zero attached hydrogens (tertiary/aromatic N) is 1. The summed E-state index contributed by atoms with van der Waals surface area (Å²) >= 11 is 6.04. The average Bonchev–Trinajstić information content (AvgIpc) is 2.41. The SMILES string of the molecule is Nc1cc(Cl)c(NCCc2cccnc2)c(C(=O)O)c1. The molecule has 0 fully saturated rings. The van der Waals surface area contributed by atoms with Gasteiger partial charge in [-0.2, -0.15) is 0 Å². The lowest BCUT2D eigenvalue weighted by molar-refractivity contribution is 0.0698. The van der Waals surface area contributed by atoms with E-state index >= 15 is 0 Å². The Hall–Kier alpha value is -2.27. The topological polar surface area (TPSA) is 88.2 Å². The molecule has 0 saturated carbocycles. The molecule has 0 aliphatic carbocycles. The molecule has 0 bridgehead atoms. The van der Waals surface area contributed by atoms with Gasteiger partial charge < -0.3 is 16.2 Å². The number of aromatic carboxylic acids is 1. The fourth-order valence-electron chi connectivity index (χ4n) is 1.85. The van der Waals surface area contributed by atoms with Crippen LogP contribution >= 0.6 is 11.6 Å². The summed E-state index contributed by atoms with van der Waals surface area (Å²) in [5.41, 5.74) is 7.44. The Bertz CT molecular complexity index is 617. The van der Waals surface area contributed by atoms with Gasteiger partial charge in [-0.1, -0.05) is 17.7 Å². The Balaban J connectivity index is 2.11. The van der Waals surface area contributed by atoms with Crippen LogP contribution in [0.2, 0.25) is 5.02 Å². The second-order valence-corrected chi connectivity index (χ2v) is 4.68. The van der Waals surface area contributed by atoms with Gasteiger partial charge >= 0.3 is 5.97 Å². The van der Waals surface area contributed by atoms with Gasteiger partial charge in [0.15, 0.2) is 0 Å². The van der Waals surface area contributed by atoms with Crippen molar-refractivity contribution in [2.45, 2.75) is 6.42 Å². The van der Waals surface area contributed by atoms with E-state index in [9.17, 15) is 4.79 Å². The van der Waals surface area contributed by atoms with Crippen molar-refractivity contribution in [1.29, 1.82) is 0 Å². The number of aromatic nitrogens is 1. The van der Waals surface area contributed by atoms with Crippen LogP contribution in [0.3, 0.4) is 0 Å². The predicted molar refractivity (Wildman–Crippen MR) is 79.3 cm³/mol. The van der Waals surface area contributed by atoms with Gasteiger partial charge in [0.1, 0.15) is 0 Å². The van der Waals surface area contributed by atoms with Crippen molar-refractivity contribution in [2.75, 3.05) is 17.6 Å². The highest BCUT2D eigenvalue weighted by atomic mass is 35.5. The molecule has 0 radical (unpaired) electrons. The van der Waals surface area contributed by atoms with Crippen LogP contribution in [0.5, 0.6) is 0 Å². The predicted octanol–water partition coefficient (Wildman–Crippen LogP) is 2.67. The highest BCUT2D eigenvalue weighted by Gasteiger charge is 2.14.